The summed E-state index contributed by atoms with van der Waals surface area (Å²) < 4.78 is 5.21. The molecule has 6 nitrogen and oxygen atoms in total. The molecule has 1 aliphatic heterocycles. The minimum absolute atomic E-state index is 0.128. The quantitative estimate of drug-likeness (QED) is 0.878. The molecule has 1 aliphatic rings. The molecule has 0 saturated carbocycles. The van der Waals surface area contributed by atoms with Crippen molar-refractivity contribution in [1.29, 1.82) is 0 Å². The zero-order valence-corrected chi connectivity index (χ0v) is 15.9. The average molecular weight is 357 g/mol. The first-order valence-corrected chi connectivity index (χ1v) is 9.05. The van der Waals surface area contributed by atoms with Gasteiger partial charge in [0.05, 0.1) is 17.8 Å². The first-order valence-electron chi connectivity index (χ1n) is 9.05. The SMILES string of the molecule is Cc1ccc(C(=O)NC2CCN(Cc3c(C)noc3C)CC2O)cc1C. The van der Waals surface area contributed by atoms with Gasteiger partial charge in [0, 0.05) is 30.8 Å². The summed E-state index contributed by atoms with van der Waals surface area (Å²) in [5.74, 6) is 0.693. The summed E-state index contributed by atoms with van der Waals surface area (Å²) in [5.41, 5.74) is 4.86. The third-order valence-corrected chi connectivity index (χ3v) is 5.31. The highest BCUT2D eigenvalue weighted by Gasteiger charge is 2.30. The number of aryl methyl sites for hydroxylation is 4. The van der Waals surface area contributed by atoms with Crippen LogP contribution in [0.4, 0.5) is 0 Å². The van der Waals surface area contributed by atoms with Crippen molar-refractivity contribution in [2.45, 2.75) is 52.8 Å². The topological polar surface area (TPSA) is 78.6 Å². The predicted molar refractivity (Wildman–Crippen MR) is 99.0 cm³/mol. The van der Waals surface area contributed by atoms with Gasteiger partial charge in [-0.15, -0.1) is 0 Å². The third-order valence-electron chi connectivity index (χ3n) is 5.31. The lowest BCUT2D eigenvalue weighted by atomic mass is 9.99. The summed E-state index contributed by atoms with van der Waals surface area (Å²) >= 11 is 0. The van der Waals surface area contributed by atoms with E-state index in [0.717, 1.165) is 34.7 Å². The lowest BCUT2D eigenvalue weighted by Gasteiger charge is -2.36. The number of β-amino-alcohol motifs (C(OH)–C–C–N with tert-alkyl or cyclic N) is 1. The Morgan fingerprint density at radius 1 is 1.31 bits per heavy atom. The van der Waals surface area contributed by atoms with E-state index in [1.54, 1.807) is 0 Å². The fourth-order valence-electron chi connectivity index (χ4n) is 3.39. The van der Waals surface area contributed by atoms with E-state index in [9.17, 15) is 9.90 Å². The Hall–Kier alpha value is -2.18. The number of nitrogens with one attached hydrogen (secondary N) is 1. The number of rotatable bonds is 4. The van der Waals surface area contributed by atoms with Crippen molar-refractivity contribution >= 4 is 5.91 Å². The number of amides is 1. The first-order chi connectivity index (χ1) is 12.3. The number of carbonyl (C=O) groups excluding carboxylic acids is 1. The van der Waals surface area contributed by atoms with Crippen LogP contribution in [-0.2, 0) is 6.54 Å². The molecule has 1 fully saturated rings. The highest BCUT2D eigenvalue weighted by Crippen LogP contribution is 2.19. The number of aliphatic hydroxyl groups excluding tert-OH is 1. The number of aromatic nitrogens is 1. The van der Waals surface area contributed by atoms with Crippen LogP contribution in [0.15, 0.2) is 22.7 Å². The van der Waals surface area contributed by atoms with E-state index in [1.807, 2.05) is 45.9 Å². The Morgan fingerprint density at radius 3 is 2.69 bits per heavy atom. The zero-order valence-electron chi connectivity index (χ0n) is 15.9. The largest absolute Gasteiger partial charge is 0.390 e. The van der Waals surface area contributed by atoms with Gasteiger partial charge in [-0.25, -0.2) is 0 Å². The molecule has 2 heterocycles. The fraction of sp³-hybridized carbons (Fsp3) is 0.500. The second-order valence-corrected chi connectivity index (χ2v) is 7.27. The highest BCUT2D eigenvalue weighted by molar-refractivity contribution is 5.94. The van der Waals surface area contributed by atoms with Crippen molar-refractivity contribution < 1.29 is 14.4 Å². The van der Waals surface area contributed by atoms with Crippen molar-refractivity contribution in [2.75, 3.05) is 13.1 Å². The van der Waals surface area contributed by atoms with Gasteiger partial charge in [-0.2, -0.15) is 0 Å². The van der Waals surface area contributed by atoms with Gasteiger partial charge in [0.25, 0.3) is 5.91 Å². The van der Waals surface area contributed by atoms with E-state index >= 15 is 0 Å². The minimum Gasteiger partial charge on any atom is -0.390 e. The van der Waals surface area contributed by atoms with Gasteiger partial charge >= 0.3 is 0 Å². The van der Waals surface area contributed by atoms with E-state index in [4.69, 9.17) is 4.52 Å². The summed E-state index contributed by atoms with van der Waals surface area (Å²) in [6.45, 7) is 9.88. The van der Waals surface area contributed by atoms with E-state index in [2.05, 4.69) is 15.4 Å². The smallest absolute Gasteiger partial charge is 0.251 e. The molecule has 3 rings (SSSR count). The normalized spacial score (nSPS) is 21.0. The van der Waals surface area contributed by atoms with Crippen molar-refractivity contribution in [3.05, 3.63) is 51.9 Å². The monoisotopic (exact) mass is 357 g/mol. The van der Waals surface area contributed by atoms with Gasteiger partial charge in [-0.3, -0.25) is 9.69 Å². The maximum atomic E-state index is 12.5. The molecule has 2 atom stereocenters. The number of benzene rings is 1. The summed E-state index contributed by atoms with van der Waals surface area (Å²) in [4.78, 5) is 14.7. The van der Waals surface area contributed by atoms with Crippen molar-refractivity contribution in [3.8, 4) is 0 Å². The molecule has 2 aromatic rings. The minimum atomic E-state index is -0.597. The number of hydrogen-bond donors (Lipinski definition) is 2. The van der Waals surface area contributed by atoms with E-state index < -0.39 is 6.10 Å². The van der Waals surface area contributed by atoms with Crippen LogP contribution in [-0.4, -0.2) is 46.3 Å². The van der Waals surface area contributed by atoms with Gasteiger partial charge in [0.1, 0.15) is 5.76 Å². The van der Waals surface area contributed by atoms with Gasteiger partial charge in [-0.05, 0) is 57.4 Å². The standard InChI is InChI=1S/C20H27N3O3/c1-12-5-6-16(9-13(12)2)20(25)21-18-7-8-23(11-19(18)24)10-17-14(3)22-26-15(17)4/h5-6,9,18-19,24H,7-8,10-11H2,1-4H3,(H,21,25). The number of aliphatic hydroxyl groups is 1. The summed E-state index contributed by atoms with van der Waals surface area (Å²) in [5, 5.41) is 17.5. The number of nitrogens with zero attached hydrogens (tertiary/aromatic N) is 2. The van der Waals surface area contributed by atoms with Crippen LogP contribution in [0.5, 0.6) is 0 Å². The molecule has 140 valence electrons. The fourth-order valence-corrected chi connectivity index (χ4v) is 3.39. The molecule has 2 unspecified atom stereocenters. The van der Waals surface area contributed by atoms with Gasteiger partial charge < -0.3 is 14.9 Å². The molecule has 26 heavy (non-hydrogen) atoms. The molecule has 0 spiro atoms. The molecule has 1 aromatic carbocycles. The van der Waals surface area contributed by atoms with Gasteiger partial charge in [-0.1, -0.05) is 11.2 Å². The van der Waals surface area contributed by atoms with Crippen molar-refractivity contribution in [3.63, 3.8) is 0 Å². The van der Waals surface area contributed by atoms with Crippen LogP contribution in [0.1, 0.15) is 44.9 Å². The van der Waals surface area contributed by atoms with Crippen LogP contribution in [0.3, 0.4) is 0 Å². The molecule has 1 aromatic heterocycles. The zero-order chi connectivity index (χ0) is 18.8. The van der Waals surface area contributed by atoms with Gasteiger partial charge in [0.2, 0.25) is 0 Å². The second kappa shape index (κ2) is 7.60. The number of piperidine rings is 1. The molecule has 1 amide bonds. The molecular weight excluding hydrogens is 330 g/mol. The van der Waals surface area contributed by atoms with E-state index in [0.29, 0.717) is 25.1 Å². The molecule has 0 aliphatic carbocycles. The third kappa shape index (κ3) is 3.97. The summed E-state index contributed by atoms with van der Waals surface area (Å²) in [7, 11) is 0. The first kappa shape index (κ1) is 18.6. The predicted octanol–water partition coefficient (Wildman–Crippen LogP) is 2.27. The second-order valence-electron chi connectivity index (χ2n) is 7.27. The Kier molecular flexibility index (Phi) is 5.44. The lowest BCUT2D eigenvalue weighted by Crippen LogP contribution is -2.53. The Labute approximate surface area is 154 Å². The van der Waals surface area contributed by atoms with E-state index in [1.165, 1.54) is 0 Å². The summed E-state index contributed by atoms with van der Waals surface area (Å²) in [6.07, 6.45) is 0.112. The van der Waals surface area contributed by atoms with Crippen molar-refractivity contribution in [2.24, 2.45) is 0 Å². The van der Waals surface area contributed by atoms with Crippen molar-refractivity contribution in [1.82, 2.24) is 15.4 Å². The molecule has 0 radical (unpaired) electrons. The van der Waals surface area contributed by atoms with Gasteiger partial charge in [0.15, 0.2) is 0 Å². The summed E-state index contributed by atoms with van der Waals surface area (Å²) in [6, 6.07) is 5.44. The van der Waals surface area contributed by atoms with Crippen LogP contribution in [0.2, 0.25) is 0 Å². The Morgan fingerprint density at radius 2 is 2.08 bits per heavy atom. The van der Waals surface area contributed by atoms with E-state index in [-0.39, 0.29) is 11.9 Å². The number of hydrogen-bond acceptors (Lipinski definition) is 5. The maximum Gasteiger partial charge on any atom is 0.251 e. The number of carbonyl (C=O) groups is 1. The Balaban J connectivity index is 1.58. The molecular formula is C20H27N3O3. The van der Waals surface area contributed by atoms with Crippen LogP contribution < -0.4 is 5.32 Å². The van der Waals surface area contributed by atoms with Crippen LogP contribution in [0.25, 0.3) is 0 Å². The lowest BCUT2D eigenvalue weighted by molar-refractivity contribution is 0.0347. The molecule has 2 N–H and O–H groups in total. The maximum absolute atomic E-state index is 12.5. The van der Waals surface area contributed by atoms with Crippen LogP contribution >= 0.6 is 0 Å². The molecule has 1 saturated heterocycles. The molecule has 0 bridgehead atoms. The van der Waals surface area contributed by atoms with Crippen LogP contribution in [0, 0.1) is 27.7 Å². The number of likely N-dealkylation sites (tertiary alicyclic amines) is 1. The highest BCUT2D eigenvalue weighted by atomic mass is 16.5. The Bertz CT molecular complexity index is 780. The molecule has 6 heteroatoms. The average Bonchev–Trinajstić information content (AvgIpc) is 2.91.